The zero-order chi connectivity index (χ0) is 32.9. The Morgan fingerprint density at radius 1 is 1.00 bits per heavy atom. The van der Waals surface area contributed by atoms with Crippen LogP contribution in [0.15, 0.2) is 94.5 Å². The second-order valence-electron chi connectivity index (χ2n) is 10.6. The molecular weight excluding hydrogens is 640 g/mol. The number of thioether (sulfide) groups is 1. The van der Waals surface area contributed by atoms with Crippen LogP contribution in [0.2, 0.25) is 0 Å². The number of rotatable bonds is 11. The molecule has 0 fully saturated rings. The molecule has 5 aromatic rings. The monoisotopic (exact) mass is 670 g/mol. The van der Waals surface area contributed by atoms with Crippen LogP contribution < -0.4 is 14.8 Å². The first-order valence-corrected chi connectivity index (χ1v) is 16.5. The van der Waals surface area contributed by atoms with Gasteiger partial charge in [0.2, 0.25) is 0 Å². The van der Waals surface area contributed by atoms with E-state index in [4.69, 9.17) is 14.6 Å². The predicted molar refractivity (Wildman–Crippen MR) is 179 cm³/mol. The summed E-state index contributed by atoms with van der Waals surface area (Å²) in [6.45, 7) is 2.06. The lowest BCUT2D eigenvalue weighted by atomic mass is 10.0. The van der Waals surface area contributed by atoms with E-state index in [0.717, 1.165) is 27.4 Å². The number of nitrogens with one attached hydrogen (secondary N) is 1. The van der Waals surface area contributed by atoms with Crippen LogP contribution in [0.3, 0.4) is 0 Å². The highest BCUT2D eigenvalue weighted by molar-refractivity contribution is 7.99. The molecule has 0 saturated heterocycles. The average Bonchev–Trinajstić information content (AvgIpc) is 3.86. The number of nitrogens with zero attached hydrogens (tertiary/aromatic N) is 5. The summed E-state index contributed by atoms with van der Waals surface area (Å²) >= 11 is 2.79. The Kier molecular flexibility index (Phi) is 9.64. The standard InChI is InChI=1S/C34H31FN6O4S2/c1-21-6-4-7-25(16-21)40-31(19-36-33(43)23-11-14-28(44-2)29(17-23)45-3)37-38-34(40)47-20-32(42)41-27(22-9-12-24(35)13-10-22)18-26(39-41)30-8-5-15-46-30/h4-17,27H,18-20H2,1-3H3,(H,36,43). The van der Waals surface area contributed by atoms with Crippen LogP contribution in [0, 0.1) is 12.7 Å². The van der Waals surface area contributed by atoms with Gasteiger partial charge in [0.15, 0.2) is 22.5 Å². The smallest absolute Gasteiger partial charge is 0.253 e. The number of aryl methyl sites for hydroxylation is 1. The number of methoxy groups -OCH3 is 2. The van der Waals surface area contributed by atoms with E-state index in [1.165, 1.54) is 43.1 Å². The Balaban J connectivity index is 1.23. The Hall–Kier alpha value is -5.01. The van der Waals surface area contributed by atoms with Crippen molar-refractivity contribution in [3.05, 3.63) is 117 Å². The van der Waals surface area contributed by atoms with Crippen LogP contribution in [0.25, 0.3) is 5.69 Å². The van der Waals surface area contributed by atoms with Crippen LogP contribution in [0.5, 0.6) is 11.5 Å². The van der Waals surface area contributed by atoms with Gasteiger partial charge in [-0.15, -0.1) is 21.5 Å². The third-order valence-electron chi connectivity index (χ3n) is 7.56. The highest BCUT2D eigenvalue weighted by Crippen LogP contribution is 2.35. The lowest BCUT2D eigenvalue weighted by Gasteiger charge is -2.22. The van der Waals surface area contributed by atoms with Crippen LogP contribution in [0.4, 0.5) is 4.39 Å². The highest BCUT2D eigenvalue weighted by atomic mass is 32.2. The van der Waals surface area contributed by atoms with Crippen molar-refractivity contribution in [3.8, 4) is 17.2 Å². The first-order chi connectivity index (χ1) is 22.8. The summed E-state index contributed by atoms with van der Waals surface area (Å²) in [6.07, 6.45) is 0.520. The molecule has 10 nitrogen and oxygen atoms in total. The second kappa shape index (κ2) is 14.2. The molecule has 0 saturated carbocycles. The van der Waals surface area contributed by atoms with E-state index >= 15 is 0 Å². The molecule has 1 aliphatic heterocycles. The molecule has 0 radical (unpaired) electrons. The van der Waals surface area contributed by atoms with Gasteiger partial charge in [-0.1, -0.05) is 42.1 Å². The van der Waals surface area contributed by atoms with Gasteiger partial charge in [-0.3, -0.25) is 14.2 Å². The fourth-order valence-corrected chi connectivity index (χ4v) is 6.79. The fourth-order valence-electron chi connectivity index (χ4n) is 5.24. The minimum Gasteiger partial charge on any atom is -0.493 e. The first-order valence-electron chi connectivity index (χ1n) is 14.7. The van der Waals surface area contributed by atoms with Gasteiger partial charge in [-0.2, -0.15) is 5.10 Å². The number of ether oxygens (including phenoxy) is 2. The highest BCUT2D eigenvalue weighted by Gasteiger charge is 2.34. The summed E-state index contributed by atoms with van der Waals surface area (Å²) < 4.78 is 26.2. The summed E-state index contributed by atoms with van der Waals surface area (Å²) in [5, 5.41) is 20.4. The molecule has 2 amide bonds. The van der Waals surface area contributed by atoms with Gasteiger partial charge in [0.25, 0.3) is 11.8 Å². The molecule has 13 heteroatoms. The molecule has 3 heterocycles. The summed E-state index contributed by atoms with van der Waals surface area (Å²) in [4.78, 5) is 27.8. The number of benzene rings is 3. The lowest BCUT2D eigenvalue weighted by Crippen LogP contribution is -2.28. The van der Waals surface area contributed by atoms with Gasteiger partial charge >= 0.3 is 0 Å². The summed E-state index contributed by atoms with van der Waals surface area (Å²) in [7, 11) is 3.04. The average molecular weight is 671 g/mol. The van der Waals surface area contributed by atoms with Gasteiger partial charge in [-0.05, 0) is 72.0 Å². The summed E-state index contributed by atoms with van der Waals surface area (Å²) in [5.74, 6) is 0.589. The molecule has 0 bridgehead atoms. The van der Waals surface area contributed by atoms with Crippen molar-refractivity contribution < 1.29 is 23.5 Å². The number of aromatic nitrogens is 3. The molecule has 0 spiro atoms. The van der Waals surface area contributed by atoms with E-state index in [1.807, 2.05) is 53.3 Å². The maximum Gasteiger partial charge on any atom is 0.253 e. The number of carbonyl (C=O) groups excluding carboxylic acids is 2. The van der Waals surface area contributed by atoms with E-state index < -0.39 is 0 Å². The van der Waals surface area contributed by atoms with Crippen molar-refractivity contribution in [1.82, 2.24) is 25.1 Å². The molecule has 3 aromatic carbocycles. The molecule has 1 N–H and O–H groups in total. The predicted octanol–water partition coefficient (Wildman–Crippen LogP) is 6.19. The van der Waals surface area contributed by atoms with Gasteiger partial charge in [-0.25, -0.2) is 9.40 Å². The molecule has 47 heavy (non-hydrogen) atoms. The van der Waals surface area contributed by atoms with Gasteiger partial charge < -0.3 is 14.8 Å². The number of halogens is 1. The van der Waals surface area contributed by atoms with Crippen LogP contribution in [-0.4, -0.2) is 57.3 Å². The van der Waals surface area contributed by atoms with Gasteiger partial charge in [0.05, 0.1) is 43.1 Å². The zero-order valence-corrected chi connectivity index (χ0v) is 27.5. The summed E-state index contributed by atoms with van der Waals surface area (Å²) in [5.41, 5.74) is 3.83. The number of hydrogen-bond acceptors (Lipinski definition) is 9. The van der Waals surface area contributed by atoms with Crippen molar-refractivity contribution in [2.75, 3.05) is 20.0 Å². The SMILES string of the molecule is COc1ccc(C(=O)NCc2nnc(SCC(=O)N3N=C(c4cccs4)CC3c3ccc(F)cc3)n2-c2cccc(C)c2)cc1OC. The molecule has 1 atom stereocenters. The normalized spacial score (nSPS) is 14.2. The van der Waals surface area contributed by atoms with Crippen molar-refractivity contribution >= 4 is 40.6 Å². The van der Waals surface area contributed by atoms with Crippen molar-refractivity contribution in [2.24, 2.45) is 5.10 Å². The maximum atomic E-state index is 13.8. The number of hydrazone groups is 1. The van der Waals surface area contributed by atoms with Crippen LogP contribution in [0.1, 0.15) is 44.6 Å². The minimum atomic E-state index is -0.363. The van der Waals surface area contributed by atoms with Crippen LogP contribution >= 0.6 is 23.1 Å². The van der Waals surface area contributed by atoms with Gasteiger partial charge in [0.1, 0.15) is 5.82 Å². The maximum absolute atomic E-state index is 13.8. The topological polar surface area (TPSA) is 111 Å². The van der Waals surface area contributed by atoms with E-state index in [0.29, 0.717) is 34.5 Å². The minimum absolute atomic E-state index is 0.0286. The third kappa shape index (κ3) is 7.05. The van der Waals surface area contributed by atoms with E-state index in [-0.39, 0.29) is 36.0 Å². The molecule has 2 aromatic heterocycles. The molecule has 6 rings (SSSR count). The summed E-state index contributed by atoms with van der Waals surface area (Å²) in [6, 6.07) is 22.5. The number of hydrogen-bond donors (Lipinski definition) is 1. The zero-order valence-electron chi connectivity index (χ0n) is 25.8. The quantitative estimate of drug-likeness (QED) is 0.167. The Morgan fingerprint density at radius 2 is 1.81 bits per heavy atom. The van der Waals surface area contributed by atoms with Crippen molar-refractivity contribution in [1.29, 1.82) is 0 Å². The largest absolute Gasteiger partial charge is 0.493 e. The third-order valence-corrected chi connectivity index (χ3v) is 9.40. The molecule has 1 unspecified atom stereocenters. The van der Waals surface area contributed by atoms with Gasteiger partial charge in [0, 0.05) is 17.7 Å². The molecule has 240 valence electrons. The fraction of sp³-hybridized carbons (Fsp3) is 0.206. The molecular formula is C34H31FN6O4S2. The van der Waals surface area contributed by atoms with E-state index in [2.05, 4.69) is 15.5 Å². The van der Waals surface area contributed by atoms with E-state index in [1.54, 1.807) is 41.7 Å². The molecule has 0 aliphatic carbocycles. The number of amides is 2. The first kappa shape index (κ1) is 32.0. The lowest BCUT2D eigenvalue weighted by molar-refractivity contribution is -0.130. The van der Waals surface area contributed by atoms with Crippen LogP contribution in [-0.2, 0) is 11.3 Å². The number of thiophene rings is 1. The van der Waals surface area contributed by atoms with E-state index in [9.17, 15) is 14.0 Å². The van der Waals surface area contributed by atoms with Crippen molar-refractivity contribution in [3.63, 3.8) is 0 Å². The Labute approximate surface area is 279 Å². The number of carbonyl (C=O) groups is 2. The van der Waals surface area contributed by atoms with Crippen molar-refractivity contribution in [2.45, 2.75) is 31.1 Å². The molecule has 1 aliphatic rings. The Morgan fingerprint density at radius 3 is 2.53 bits per heavy atom. The second-order valence-corrected chi connectivity index (χ2v) is 12.5. The Bertz CT molecular complexity index is 1930.